The van der Waals surface area contributed by atoms with Crippen LogP contribution < -0.4 is 0 Å². The summed E-state index contributed by atoms with van der Waals surface area (Å²) >= 11 is 0. The quantitative estimate of drug-likeness (QED) is 0.771. The summed E-state index contributed by atoms with van der Waals surface area (Å²) in [5.74, 6) is 1.26. The van der Waals surface area contributed by atoms with E-state index < -0.39 is 0 Å². The highest BCUT2D eigenvalue weighted by molar-refractivity contribution is 4.88. The first-order valence-electron chi connectivity index (χ1n) is 6.19. The fourth-order valence-electron chi connectivity index (χ4n) is 2.13. The molecule has 0 spiro atoms. The summed E-state index contributed by atoms with van der Waals surface area (Å²) in [6, 6.07) is 0. The highest BCUT2D eigenvalue weighted by Gasteiger charge is 2.19. The Morgan fingerprint density at radius 3 is 2.38 bits per heavy atom. The molecule has 1 unspecified atom stereocenters. The smallest absolute Gasteiger partial charge is 0.138 e. The summed E-state index contributed by atoms with van der Waals surface area (Å²) in [4.78, 5) is 4.15. The van der Waals surface area contributed by atoms with Crippen LogP contribution >= 0.6 is 0 Å². The molecule has 1 aromatic rings. The highest BCUT2D eigenvalue weighted by Crippen LogP contribution is 2.20. The van der Waals surface area contributed by atoms with Crippen molar-refractivity contribution in [3.05, 3.63) is 12.2 Å². The van der Waals surface area contributed by atoms with Crippen molar-refractivity contribution in [3.63, 3.8) is 0 Å². The second-order valence-corrected chi connectivity index (χ2v) is 4.41. The van der Waals surface area contributed by atoms with Gasteiger partial charge in [0.2, 0.25) is 0 Å². The monoisotopic (exact) mass is 225 g/mol. The Bertz CT molecular complexity index is 292. The summed E-state index contributed by atoms with van der Waals surface area (Å²) in [7, 11) is 1.86. The van der Waals surface area contributed by atoms with Crippen LogP contribution in [0.2, 0.25) is 0 Å². The molecule has 0 aliphatic heterocycles. The molecule has 0 aromatic carbocycles. The summed E-state index contributed by atoms with van der Waals surface area (Å²) in [6.07, 6.45) is 6.29. The van der Waals surface area contributed by atoms with Gasteiger partial charge in [0.1, 0.15) is 12.2 Å². The van der Waals surface area contributed by atoms with Crippen molar-refractivity contribution < 1.29 is 5.11 Å². The zero-order valence-electron chi connectivity index (χ0n) is 10.6. The molecule has 1 heterocycles. The Morgan fingerprint density at radius 1 is 1.31 bits per heavy atom. The number of aliphatic hydroxyl groups is 1. The van der Waals surface area contributed by atoms with E-state index >= 15 is 0 Å². The molecule has 0 aliphatic carbocycles. The standard InChI is InChI=1S/C12H23N3O/c1-4-6-10(7-5-2)11(16)8-12-13-9-14-15(12)3/h9-11,16H,4-8H2,1-3H3. The second kappa shape index (κ2) is 6.63. The average Bonchev–Trinajstić information content (AvgIpc) is 2.64. The van der Waals surface area contributed by atoms with Gasteiger partial charge in [0.25, 0.3) is 0 Å². The summed E-state index contributed by atoms with van der Waals surface area (Å²) in [5.41, 5.74) is 0. The van der Waals surface area contributed by atoms with Crippen molar-refractivity contribution >= 4 is 0 Å². The lowest BCUT2D eigenvalue weighted by Crippen LogP contribution is -2.24. The molecule has 16 heavy (non-hydrogen) atoms. The molecule has 1 atom stereocenters. The van der Waals surface area contributed by atoms with Crippen molar-refractivity contribution in [1.82, 2.24) is 14.8 Å². The maximum atomic E-state index is 10.2. The molecule has 4 heteroatoms. The lowest BCUT2D eigenvalue weighted by Gasteiger charge is -2.21. The molecule has 0 bridgehead atoms. The van der Waals surface area contributed by atoms with Crippen molar-refractivity contribution in [2.45, 2.75) is 52.1 Å². The Hall–Kier alpha value is -0.900. The molecule has 0 fully saturated rings. The van der Waals surface area contributed by atoms with Gasteiger partial charge in [-0.2, -0.15) is 5.10 Å². The van der Waals surface area contributed by atoms with Crippen LogP contribution in [0.3, 0.4) is 0 Å². The molecule has 1 rings (SSSR count). The third kappa shape index (κ3) is 3.59. The topological polar surface area (TPSA) is 50.9 Å². The van der Waals surface area contributed by atoms with Crippen LogP contribution in [0.5, 0.6) is 0 Å². The van der Waals surface area contributed by atoms with Crippen LogP contribution in [-0.2, 0) is 13.5 Å². The predicted molar refractivity (Wildman–Crippen MR) is 64.0 cm³/mol. The minimum Gasteiger partial charge on any atom is -0.392 e. The van der Waals surface area contributed by atoms with Crippen LogP contribution in [0.15, 0.2) is 6.33 Å². The van der Waals surface area contributed by atoms with Gasteiger partial charge in [-0.1, -0.05) is 26.7 Å². The van der Waals surface area contributed by atoms with E-state index in [-0.39, 0.29) is 6.10 Å². The molecular formula is C12H23N3O. The zero-order valence-corrected chi connectivity index (χ0v) is 10.6. The number of hydrogen-bond acceptors (Lipinski definition) is 3. The lowest BCUT2D eigenvalue weighted by atomic mass is 9.90. The molecule has 0 radical (unpaired) electrons. The van der Waals surface area contributed by atoms with Crippen LogP contribution in [0, 0.1) is 5.92 Å². The maximum absolute atomic E-state index is 10.2. The molecule has 92 valence electrons. The number of aliphatic hydroxyl groups excluding tert-OH is 1. The van der Waals surface area contributed by atoms with Gasteiger partial charge in [-0.05, 0) is 18.8 Å². The van der Waals surface area contributed by atoms with Gasteiger partial charge >= 0.3 is 0 Å². The molecule has 0 amide bonds. The largest absolute Gasteiger partial charge is 0.392 e. The molecule has 1 aromatic heterocycles. The molecule has 0 saturated heterocycles. The minimum atomic E-state index is -0.289. The Kier molecular flexibility index (Phi) is 5.46. The van der Waals surface area contributed by atoms with Gasteiger partial charge in [0, 0.05) is 13.5 Å². The molecule has 0 aliphatic rings. The molecule has 0 saturated carbocycles. The van der Waals surface area contributed by atoms with Gasteiger partial charge in [0.05, 0.1) is 6.10 Å². The van der Waals surface area contributed by atoms with E-state index in [0.29, 0.717) is 12.3 Å². The summed E-state index contributed by atoms with van der Waals surface area (Å²) < 4.78 is 1.73. The van der Waals surface area contributed by atoms with E-state index in [2.05, 4.69) is 23.9 Å². The number of rotatable bonds is 7. The van der Waals surface area contributed by atoms with Crippen LogP contribution in [0.25, 0.3) is 0 Å². The van der Waals surface area contributed by atoms with Crippen molar-refractivity contribution in [1.29, 1.82) is 0 Å². The third-order valence-electron chi connectivity index (χ3n) is 3.06. The molecular weight excluding hydrogens is 202 g/mol. The van der Waals surface area contributed by atoms with Gasteiger partial charge in [-0.3, -0.25) is 4.68 Å². The number of nitrogens with zero attached hydrogens (tertiary/aromatic N) is 3. The lowest BCUT2D eigenvalue weighted by molar-refractivity contribution is 0.0936. The van der Waals surface area contributed by atoms with Crippen molar-refractivity contribution in [2.75, 3.05) is 0 Å². The normalized spacial score (nSPS) is 13.3. The van der Waals surface area contributed by atoms with Gasteiger partial charge in [-0.15, -0.1) is 0 Å². The maximum Gasteiger partial charge on any atom is 0.138 e. The first kappa shape index (κ1) is 13.2. The molecule has 1 N–H and O–H groups in total. The highest BCUT2D eigenvalue weighted by atomic mass is 16.3. The van der Waals surface area contributed by atoms with Crippen molar-refractivity contribution in [3.8, 4) is 0 Å². The van der Waals surface area contributed by atoms with E-state index in [1.807, 2.05) is 7.05 Å². The van der Waals surface area contributed by atoms with Gasteiger partial charge in [0.15, 0.2) is 0 Å². The van der Waals surface area contributed by atoms with Crippen LogP contribution in [-0.4, -0.2) is 26.0 Å². The average molecular weight is 225 g/mol. The van der Waals surface area contributed by atoms with E-state index in [0.717, 1.165) is 31.5 Å². The van der Waals surface area contributed by atoms with Crippen molar-refractivity contribution in [2.24, 2.45) is 13.0 Å². The summed E-state index contributed by atoms with van der Waals surface area (Å²) in [5, 5.41) is 14.2. The van der Waals surface area contributed by atoms with E-state index in [4.69, 9.17) is 0 Å². The Balaban J connectivity index is 2.54. The molecule has 4 nitrogen and oxygen atoms in total. The number of aromatic nitrogens is 3. The zero-order chi connectivity index (χ0) is 12.0. The van der Waals surface area contributed by atoms with E-state index in [1.54, 1.807) is 4.68 Å². The SMILES string of the molecule is CCCC(CCC)C(O)Cc1ncnn1C. The number of aryl methyl sites for hydroxylation is 1. The second-order valence-electron chi connectivity index (χ2n) is 4.41. The van der Waals surface area contributed by atoms with Crippen LogP contribution in [0.1, 0.15) is 45.4 Å². The first-order valence-corrected chi connectivity index (χ1v) is 6.19. The van der Waals surface area contributed by atoms with Gasteiger partial charge in [-0.25, -0.2) is 4.98 Å². The van der Waals surface area contributed by atoms with E-state index in [1.165, 1.54) is 6.33 Å². The fourth-order valence-corrected chi connectivity index (χ4v) is 2.13. The third-order valence-corrected chi connectivity index (χ3v) is 3.06. The Morgan fingerprint density at radius 2 is 1.94 bits per heavy atom. The summed E-state index contributed by atoms with van der Waals surface area (Å²) in [6.45, 7) is 4.33. The Labute approximate surface area is 97.7 Å². The van der Waals surface area contributed by atoms with E-state index in [9.17, 15) is 5.11 Å². The van der Waals surface area contributed by atoms with Gasteiger partial charge < -0.3 is 5.11 Å². The fraction of sp³-hybridized carbons (Fsp3) is 0.833. The van der Waals surface area contributed by atoms with Crippen LogP contribution in [0.4, 0.5) is 0 Å². The minimum absolute atomic E-state index is 0.289. The predicted octanol–water partition coefficient (Wildman–Crippen LogP) is 1.93. The first-order chi connectivity index (χ1) is 7.69. The number of hydrogen-bond donors (Lipinski definition) is 1.